The molecule has 0 saturated heterocycles. The predicted octanol–water partition coefficient (Wildman–Crippen LogP) is 2.55. The Hall–Kier alpha value is -0.570. The molecular formula is C14H30N2O. The number of nitrogens with one attached hydrogen (secondary N) is 1. The van der Waals surface area contributed by atoms with Crippen molar-refractivity contribution in [2.45, 2.75) is 59.9 Å². The minimum atomic E-state index is 0.147. The SMILES string of the molecule is CCC(C)C(C)NC(=O)CC(CN)CC(C)C. The highest BCUT2D eigenvalue weighted by Crippen LogP contribution is 2.15. The summed E-state index contributed by atoms with van der Waals surface area (Å²) in [7, 11) is 0. The molecule has 1 amide bonds. The second kappa shape index (κ2) is 8.51. The molecule has 3 nitrogen and oxygen atoms in total. The summed E-state index contributed by atoms with van der Waals surface area (Å²) in [5, 5.41) is 3.07. The highest BCUT2D eigenvalue weighted by Gasteiger charge is 2.17. The molecule has 0 aromatic carbocycles. The van der Waals surface area contributed by atoms with Gasteiger partial charge < -0.3 is 11.1 Å². The van der Waals surface area contributed by atoms with Crippen LogP contribution in [0.5, 0.6) is 0 Å². The lowest BCUT2D eigenvalue weighted by atomic mass is 9.93. The van der Waals surface area contributed by atoms with Crippen molar-refractivity contribution in [2.75, 3.05) is 6.54 Å². The normalized spacial score (nSPS) is 16.6. The van der Waals surface area contributed by atoms with Crippen LogP contribution in [-0.2, 0) is 4.79 Å². The van der Waals surface area contributed by atoms with Crippen LogP contribution < -0.4 is 11.1 Å². The van der Waals surface area contributed by atoms with Gasteiger partial charge in [-0.25, -0.2) is 0 Å². The van der Waals surface area contributed by atoms with Crippen molar-refractivity contribution in [1.29, 1.82) is 0 Å². The smallest absolute Gasteiger partial charge is 0.220 e. The van der Waals surface area contributed by atoms with Crippen molar-refractivity contribution >= 4 is 5.91 Å². The number of carbonyl (C=O) groups is 1. The summed E-state index contributed by atoms with van der Waals surface area (Å²) in [6, 6.07) is 0.255. The van der Waals surface area contributed by atoms with Gasteiger partial charge in [0.25, 0.3) is 0 Å². The van der Waals surface area contributed by atoms with Crippen molar-refractivity contribution in [1.82, 2.24) is 5.32 Å². The number of nitrogens with two attached hydrogens (primary N) is 1. The molecule has 17 heavy (non-hydrogen) atoms. The third-order valence-corrected chi connectivity index (χ3v) is 3.50. The Kier molecular flexibility index (Phi) is 8.23. The first-order valence-electron chi connectivity index (χ1n) is 6.90. The van der Waals surface area contributed by atoms with Crippen LogP contribution in [0, 0.1) is 17.8 Å². The fourth-order valence-electron chi connectivity index (χ4n) is 2.00. The Morgan fingerprint density at radius 2 is 1.82 bits per heavy atom. The van der Waals surface area contributed by atoms with E-state index in [-0.39, 0.29) is 11.9 Å². The maximum absolute atomic E-state index is 11.9. The standard InChI is InChI=1S/C14H30N2O/c1-6-11(4)12(5)16-14(17)8-13(9-15)7-10(2)3/h10-13H,6-9,15H2,1-5H3,(H,16,17). The second-order valence-electron chi connectivity index (χ2n) is 5.68. The van der Waals surface area contributed by atoms with Gasteiger partial charge in [0.05, 0.1) is 0 Å². The number of hydrogen-bond donors (Lipinski definition) is 2. The van der Waals surface area contributed by atoms with Gasteiger partial charge in [-0.05, 0) is 37.6 Å². The van der Waals surface area contributed by atoms with Gasteiger partial charge in [-0.2, -0.15) is 0 Å². The Balaban J connectivity index is 4.06. The second-order valence-corrected chi connectivity index (χ2v) is 5.68. The first kappa shape index (κ1) is 16.4. The highest BCUT2D eigenvalue weighted by molar-refractivity contribution is 5.76. The van der Waals surface area contributed by atoms with Crippen LogP contribution in [0.1, 0.15) is 53.9 Å². The first-order chi connectivity index (χ1) is 7.90. The van der Waals surface area contributed by atoms with Crippen LogP contribution in [0.3, 0.4) is 0 Å². The predicted molar refractivity (Wildman–Crippen MR) is 73.7 cm³/mol. The van der Waals surface area contributed by atoms with Crippen LogP contribution in [0.15, 0.2) is 0 Å². The van der Waals surface area contributed by atoms with Gasteiger partial charge in [-0.15, -0.1) is 0 Å². The summed E-state index contributed by atoms with van der Waals surface area (Å²) in [6.07, 6.45) is 2.69. The van der Waals surface area contributed by atoms with E-state index < -0.39 is 0 Å². The van der Waals surface area contributed by atoms with E-state index in [4.69, 9.17) is 5.73 Å². The van der Waals surface area contributed by atoms with Gasteiger partial charge in [0.2, 0.25) is 5.91 Å². The summed E-state index contributed by atoms with van der Waals surface area (Å²) in [6.45, 7) is 11.3. The number of rotatable bonds is 8. The Morgan fingerprint density at radius 1 is 1.24 bits per heavy atom. The Morgan fingerprint density at radius 3 is 2.24 bits per heavy atom. The van der Waals surface area contributed by atoms with Gasteiger partial charge in [0.15, 0.2) is 0 Å². The zero-order chi connectivity index (χ0) is 13.4. The molecule has 0 rings (SSSR count). The lowest BCUT2D eigenvalue weighted by Gasteiger charge is -2.22. The zero-order valence-corrected chi connectivity index (χ0v) is 12.1. The molecule has 0 saturated carbocycles. The van der Waals surface area contributed by atoms with E-state index in [2.05, 4.69) is 39.9 Å². The van der Waals surface area contributed by atoms with E-state index in [1.165, 1.54) is 0 Å². The summed E-state index contributed by atoms with van der Waals surface area (Å²) in [5.74, 6) is 1.59. The summed E-state index contributed by atoms with van der Waals surface area (Å²) in [4.78, 5) is 11.9. The molecule has 0 aliphatic carbocycles. The molecular weight excluding hydrogens is 212 g/mol. The maximum Gasteiger partial charge on any atom is 0.220 e. The monoisotopic (exact) mass is 242 g/mol. The van der Waals surface area contributed by atoms with Crippen molar-refractivity contribution < 1.29 is 4.79 Å². The van der Waals surface area contributed by atoms with Crippen LogP contribution in [0.2, 0.25) is 0 Å². The van der Waals surface area contributed by atoms with Crippen LogP contribution >= 0.6 is 0 Å². The van der Waals surface area contributed by atoms with Crippen LogP contribution in [0.4, 0.5) is 0 Å². The molecule has 3 heteroatoms. The zero-order valence-electron chi connectivity index (χ0n) is 12.1. The van der Waals surface area contributed by atoms with Gasteiger partial charge >= 0.3 is 0 Å². The molecule has 0 aromatic rings. The number of carbonyl (C=O) groups excluding carboxylic acids is 1. The molecule has 0 fully saturated rings. The minimum absolute atomic E-state index is 0.147. The average Bonchev–Trinajstić information content (AvgIpc) is 2.25. The largest absolute Gasteiger partial charge is 0.353 e. The fourth-order valence-corrected chi connectivity index (χ4v) is 2.00. The van der Waals surface area contributed by atoms with E-state index in [1.807, 2.05) is 0 Å². The quantitative estimate of drug-likeness (QED) is 0.687. The number of amides is 1. The molecule has 3 N–H and O–H groups in total. The Bertz CT molecular complexity index is 216. The van der Waals surface area contributed by atoms with Crippen molar-refractivity contribution in [3.05, 3.63) is 0 Å². The molecule has 0 aliphatic rings. The fraction of sp³-hybridized carbons (Fsp3) is 0.929. The van der Waals surface area contributed by atoms with Crippen molar-refractivity contribution in [3.63, 3.8) is 0 Å². The third-order valence-electron chi connectivity index (χ3n) is 3.50. The lowest BCUT2D eigenvalue weighted by molar-refractivity contribution is -0.123. The van der Waals surface area contributed by atoms with Gasteiger partial charge in [0.1, 0.15) is 0 Å². The van der Waals surface area contributed by atoms with Crippen LogP contribution in [-0.4, -0.2) is 18.5 Å². The Labute approximate surface area is 107 Å². The minimum Gasteiger partial charge on any atom is -0.353 e. The third kappa shape index (κ3) is 7.37. The van der Waals surface area contributed by atoms with E-state index in [1.54, 1.807) is 0 Å². The van der Waals surface area contributed by atoms with Crippen molar-refractivity contribution in [3.8, 4) is 0 Å². The summed E-state index contributed by atoms with van der Waals surface area (Å²) >= 11 is 0. The molecule has 0 heterocycles. The molecule has 0 radical (unpaired) electrons. The molecule has 0 aliphatic heterocycles. The molecule has 102 valence electrons. The highest BCUT2D eigenvalue weighted by atomic mass is 16.1. The van der Waals surface area contributed by atoms with Gasteiger partial charge in [0, 0.05) is 12.5 Å². The lowest BCUT2D eigenvalue weighted by Crippen LogP contribution is -2.38. The molecule has 3 unspecified atom stereocenters. The maximum atomic E-state index is 11.9. The van der Waals surface area contributed by atoms with E-state index >= 15 is 0 Å². The molecule has 0 aromatic heterocycles. The van der Waals surface area contributed by atoms with E-state index in [0.717, 1.165) is 12.8 Å². The topological polar surface area (TPSA) is 55.1 Å². The molecule has 0 spiro atoms. The summed E-state index contributed by atoms with van der Waals surface area (Å²) < 4.78 is 0. The van der Waals surface area contributed by atoms with Crippen LogP contribution in [0.25, 0.3) is 0 Å². The van der Waals surface area contributed by atoms with Gasteiger partial charge in [-0.3, -0.25) is 4.79 Å². The van der Waals surface area contributed by atoms with Crippen molar-refractivity contribution in [2.24, 2.45) is 23.5 Å². The first-order valence-corrected chi connectivity index (χ1v) is 6.90. The molecule has 0 bridgehead atoms. The molecule has 3 atom stereocenters. The van der Waals surface area contributed by atoms with Gasteiger partial charge in [-0.1, -0.05) is 34.1 Å². The summed E-state index contributed by atoms with van der Waals surface area (Å²) in [5.41, 5.74) is 5.71. The number of hydrogen-bond acceptors (Lipinski definition) is 2. The average molecular weight is 242 g/mol. The van der Waals surface area contributed by atoms with E-state index in [9.17, 15) is 4.79 Å². The van der Waals surface area contributed by atoms with E-state index in [0.29, 0.717) is 30.7 Å².